The second-order valence-electron chi connectivity index (χ2n) is 7.06. The quantitative estimate of drug-likeness (QED) is 0.675. The number of aromatic nitrogens is 4. The van der Waals surface area contributed by atoms with Crippen LogP contribution in [-0.4, -0.2) is 32.5 Å². The molecule has 0 saturated carbocycles. The molecule has 1 aliphatic heterocycles. The molecule has 3 aromatic rings. The molecule has 9 heteroatoms. The molecule has 0 amide bonds. The number of alkyl halides is 3. The normalized spacial score (nSPS) is 16.9. The minimum Gasteiger partial charge on any atom is -0.376 e. The van der Waals surface area contributed by atoms with Gasteiger partial charge in [-0.05, 0) is 49.1 Å². The zero-order valence-electron chi connectivity index (χ0n) is 15.8. The maximum Gasteiger partial charge on any atom is 0.433 e. The minimum absolute atomic E-state index is 0.106. The van der Waals surface area contributed by atoms with E-state index in [1.54, 1.807) is 6.20 Å². The van der Waals surface area contributed by atoms with Crippen molar-refractivity contribution in [3.05, 3.63) is 54.1 Å². The number of nitrogens with zero attached hydrogens (tertiary/aromatic N) is 4. The van der Waals surface area contributed by atoms with Crippen LogP contribution in [-0.2, 0) is 17.5 Å². The molecule has 1 atom stereocenters. The maximum atomic E-state index is 12.9. The summed E-state index contributed by atoms with van der Waals surface area (Å²) in [6.45, 7) is 3.41. The summed E-state index contributed by atoms with van der Waals surface area (Å²) in [6, 6.07) is 6.49. The van der Waals surface area contributed by atoms with Crippen LogP contribution in [0.3, 0.4) is 0 Å². The molecule has 152 valence electrons. The van der Waals surface area contributed by atoms with E-state index in [0.29, 0.717) is 12.2 Å². The zero-order chi connectivity index (χ0) is 20.4. The van der Waals surface area contributed by atoms with Crippen LogP contribution < -0.4 is 5.32 Å². The lowest BCUT2D eigenvalue weighted by Gasteiger charge is -2.11. The first kappa shape index (κ1) is 19.4. The SMILES string of the molecule is Cc1cc(Nc2nccc(C(F)(F)F)n2)cc(-c2cnn(CC3CCCO3)c2)c1. The fraction of sp³-hybridized carbons (Fsp3) is 0.350. The highest BCUT2D eigenvalue weighted by molar-refractivity contribution is 5.70. The van der Waals surface area contributed by atoms with E-state index in [0.717, 1.165) is 48.4 Å². The van der Waals surface area contributed by atoms with Gasteiger partial charge < -0.3 is 10.1 Å². The minimum atomic E-state index is -4.52. The third kappa shape index (κ3) is 4.73. The first-order valence-electron chi connectivity index (χ1n) is 9.30. The molecule has 1 fully saturated rings. The average molecular weight is 403 g/mol. The topological polar surface area (TPSA) is 64.9 Å². The van der Waals surface area contributed by atoms with Crippen LogP contribution in [0, 0.1) is 6.92 Å². The first-order chi connectivity index (χ1) is 13.9. The monoisotopic (exact) mass is 403 g/mol. The lowest BCUT2D eigenvalue weighted by Crippen LogP contribution is -2.14. The number of benzene rings is 1. The average Bonchev–Trinajstić information content (AvgIpc) is 3.33. The Morgan fingerprint density at radius 1 is 1.24 bits per heavy atom. The summed E-state index contributed by atoms with van der Waals surface area (Å²) < 4.78 is 46.1. The number of aryl methyl sites for hydroxylation is 1. The van der Waals surface area contributed by atoms with Crippen molar-refractivity contribution in [2.45, 2.75) is 38.6 Å². The summed E-state index contributed by atoms with van der Waals surface area (Å²) in [7, 11) is 0. The number of nitrogens with one attached hydrogen (secondary N) is 1. The molecule has 0 radical (unpaired) electrons. The molecule has 2 aromatic heterocycles. The van der Waals surface area contributed by atoms with Gasteiger partial charge in [0.25, 0.3) is 0 Å². The van der Waals surface area contributed by atoms with Crippen molar-refractivity contribution in [1.29, 1.82) is 0 Å². The van der Waals surface area contributed by atoms with Crippen LogP contribution in [0.25, 0.3) is 11.1 Å². The number of anilines is 2. The number of hydrogen-bond donors (Lipinski definition) is 1. The van der Waals surface area contributed by atoms with Gasteiger partial charge in [0.05, 0.1) is 18.8 Å². The van der Waals surface area contributed by atoms with E-state index in [2.05, 4.69) is 20.4 Å². The summed E-state index contributed by atoms with van der Waals surface area (Å²) in [5.41, 5.74) is 2.38. The molecule has 0 bridgehead atoms. The molecular formula is C20H20F3N5O. The van der Waals surface area contributed by atoms with Crippen molar-refractivity contribution >= 4 is 11.6 Å². The largest absolute Gasteiger partial charge is 0.433 e. The van der Waals surface area contributed by atoms with Gasteiger partial charge >= 0.3 is 6.18 Å². The Hall–Kier alpha value is -2.94. The van der Waals surface area contributed by atoms with E-state index >= 15 is 0 Å². The zero-order valence-corrected chi connectivity index (χ0v) is 15.8. The predicted molar refractivity (Wildman–Crippen MR) is 102 cm³/mol. The third-order valence-electron chi connectivity index (χ3n) is 4.66. The van der Waals surface area contributed by atoms with Gasteiger partial charge in [0.1, 0.15) is 5.69 Å². The lowest BCUT2D eigenvalue weighted by atomic mass is 10.1. The molecule has 0 spiro atoms. The highest BCUT2D eigenvalue weighted by Gasteiger charge is 2.32. The highest BCUT2D eigenvalue weighted by atomic mass is 19.4. The van der Waals surface area contributed by atoms with Crippen molar-refractivity contribution < 1.29 is 17.9 Å². The fourth-order valence-corrected chi connectivity index (χ4v) is 3.34. The molecule has 1 unspecified atom stereocenters. The summed E-state index contributed by atoms with van der Waals surface area (Å²) in [5.74, 6) is -0.106. The van der Waals surface area contributed by atoms with Crippen LogP contribution in [0.4, 0.5) is 24.8 Å². The molecule has 29 heavy (non-hydrogen) atoms. The molecule has 1 aliphatic rings. The van der Waals surface area contributed by atoms with Crippen LogP contribution in [0.2, 0.25) is 0 Å². The van der Waals surface area contributed by atoms with Crippen LogP contribution in [0.15, 0.2) is 42.9 Å². The van der Waals surface area contributed by atoms with E-state index < -0.39 is 11.9 Å². The lowest BCUT2D eigenvalue weighted by molar-refractivity contribution is -0.141. The van der Waals surface area contributed by atoms with E-state index in [1.807, 2.05) is 36.0 Å². The predicted octanol–water partition coefficient (Wildman–Crippen LogP) is 4.59. The standard InChI is InChI=1S/C20H20F3N5O/c1-13-7-14(15-10-25-28(11-15)12-17-3-2-6-29-17)9-16(8-13)26-19-24-5-4-18(27-19)20(21,22)23/h4-5,7-11,17H,2-3,6,12H2,1H3,(H,24,26,27). The van der Waals surface area contributed by atoms with E-state index in [-0.39, 0.29) is 12.1 Å². The number of halogens is 3. The van der Waals surface area contributed by atoms with Gasteiger partial charge in [0.2, 0.25) is 5.95 Å². The summed E-state index contributed by atoms with van der Waals surface area (Å²) >= 11 is 0. The van der Waals surface area contributed by atoms with Crippen molar-refractivity contribution in [2.24, 2.45) is 0 Å². The van der Waals surface area contributed by atoms with Gasteiger partial charge in [0.15, 0.2) is 0 Å². The van der Waals surface area contributed by atoms with E-state index in [1.165, 1.54) is 0 Å². The second-order valence-corrected chi connectivity index (χ2v) is 7.06. The Morgan fingerprint density at radius 3 is 2.86 bits per heavy atom. The van der Waals surface area contributed by atoms with Gasteiger partial charge in [0, 0.05) is 30.3 Å². The summed E-state index contributed by atoms with van der Waals surface area (Å²) in [4.78, 5) is 7.44. The van der Waals surface area contributed by atoms with Crippen LogP contribution in [0.5, 0.6) is 0 Å². The van der Waals surface area contributed by atoms with E-state index in [9.17, 15) is 13.2 Å². The molecule has 1 N–H and O–H groups in total. The molecule has 4 rings (SSSR count). The molecular weight excluding hydrogens is 383 g/mol. The van der Waals surface area contributed by atoms with Crippen molar-refractivity contribution in [3.63, 3.8) is 0 Å². The molecule has 1 aromatic carbocycles. The first-order valence-corrected chi connectivity index (χ1v) is 9.30. The summed E-state index contributed by atoms with van der Waals surface area (Å²) in [5, 5.41) is 7.27. The Balaban J connectivity index is 1.54. The number of ether oxygens (including phenoxy) is 1. The second kappa shape index (κ2) is 7.82. The number of rotatable bonds is 5. The Bertz CT molecular complexity index is 996. The van der Waals surface area contributed by atoms with Gasteiger partial charge in [-0.3, -0.25) is 4.68 Å². The fourth-order valence-electron chi connectivity index (χ4n) is 3.34. The van der Waals surface area contributed by atoms with Crippen molar-refractivity contribution in [1.82, 2.24) is 19.7 Å². The molecule has 3 heterocycles. The van der Waals surface area contributed by atoms with Crippen LogP contribution in [0.1, 0.15) is 24.1 Å². The highest BCUT2D eigenvalue weighted by Crippen LogP contribution is 2.29. The maximum absolute atomic E-state index is 12.9. The van der Waals surface area contributed by atoms with Gasteiger partial charge in [-0.2, -0.15) is 18.3 Å². The smallest absolute Gasteiger partial charge is 0.376 e. The Kier molecular flexibility index (Phi) is 5.23. The Morgan fingerprint density at radius 2 is 2.10 bits per heavy atom. The molecule has 6 nitrogen and oxygen atoms in total. The number of hydrogen-bond acceptors (Lipinski definition) is 5. The van der Waals surface area contributed by atoms with Crippen molar-refractivity contribution in [2.75, 3.05) is 11.9 Å². The van der Waals surface area contributed by atoms with Gasteiger partial charge in [-0.15, -0.1) is 0 Å². The molecule has 1 saturated heterocycles. The Labute approximate surface area is 165 Å². The third-order valence-corrected chi connectivity index (χ3v) is 4.66. The summed E-state index contributed by atoms with van der Waals surface area (Å²) in [6.07, 6.45) is 2.58. The van der Waals surface area contributed by atoms with Gasteiger partial charge in [-0.1, -0.05) is 6.07 Å². The van der Waals surface area contributed by atoms with Crippen LogP contribution >= 0.6 is 0 Å². The van der Waals surface area contributed by atoms with Gasteiger partial charge in [-0.25, -0.2) is 9.97 Å². The van der Waals surface area contributed by atoms with E-state index in [4.69, 9.17) is 4.74 Å². The molecule has 0 aliphatic carbocycles. The van der Waals surface area contributed by atoms with Crippen molar-refractivity contribution in [3.8, 4) is 11.1 Å².